The lowest BCUT2D eigenvalue weighted by Gasteiger charge is -2.32. The van der Waals surface area contributed by atoms with E-state index >= 15 is 0 Å². The minimum atomic E-state index is -0.677. The molecule has 174 valence electrons. The summed E-state index contributed by atoms with van der Waals surface area (Å²) in [5, 5.41) is 0. The van der Waals surface area contributed by atoms with Crippen LogP contribution in [0.4, 0.5) is 17.2 Å². The number of nitrogens with one attached hydrogen (secondary N) is 1. The molecule has 0 spiro atoms. The summed E-state index contributed by atoms with van der Waals surface area (Å²) in [6.45, 7) is 8.27. The lowest BCUT2D eigenvalue weighted by Crippen LogP contribution is -2.46. The molecule has 0 fully saturated rings. The summed E-state index contributed by atoms with van der Waals surface area (Å²) < 4.78 is 1.28. The molecular weight excluding hydrogens is 418 g/mol. The van der Waals surface area contributed by atoms with Crippen LogP contribution >= 0.6 is 0 Å². The van der Waals surface area contributed by atoms with Gasteiger partial charge in [-0.3, -0.25) is 19.1 Å². The number of aromatic amines is 1. The molecule has 3 rings (SSSR count). The average Bonchev–Trinajstić information content (AvgIpc) is 2.78. The van der Waals surface area contributed by atoms with Gasteiger partial charge in [-0.2, -0.15) is 0 Å². The second-order valence-corrected chi connectivity index (χ2v) is 8.21. The number of anilines is 3. The summed E-state index contributed by atoms with van der Waals surface area (Å²) in [4.78, 5) is 44.3. The van der Waals surface area contributed by atoms with Crippen LogP contribution in [0.5, 0.6) is 0 Å². The minimum Gasteiger partial charge on any atom is -0.383 e. The van der Waals surface area contributed by atoms with Gasteiger partial charge in [-0.25, -0.2) is 4.79 Å². The summed E-state index contributed by atoms with van der Waals surface area (Å²) >= 11 is 0. The first-order valence-electron chi connectivity index (χ1n) is 11.0. The molecule has 0 aliphatic heterocycles. The maximum Gasteiger partial charge on any atom is 0.330 e. The molecule has 8 nitrogen and oxygen atoms in total. The molecule has 0 aliphatic carbocycles. The molecule has 8 heteroatoms. The normalized spacial score (nSPS) is 10.9. The second kappa shape index (κ2) is 10.2. The van der Waals surface area contributed by atoms with E-state index in [0.29, 0.717) is 0 Å². The first-order valence-corrected chi connectivity index (χ1v) is 11.0. The van der Waals surface area contributed by atoms with E-state index < -0.39 is 11.2 Å². The summed E-state index contributed by atoms with van der Waals surface area (Å²) in [6.07, 6.45) is 0. The Morgan fingerprint density at radius 3 is 2.30 bits per heavy atom. The quantitative estimate of drug-likeness (QED) is 0.550. The minimum absolute atomic E-state index is 0.00785. The Kier molecular flexibility index (Phi) is 7.37. The van der Waals surface area contributed by atoms with Crippen molar-refractivity contribution in [2.24, 2.45) is 0 Å². The van der Waals surface area contributed by atoms with Crippen LogP contribution in [0, 0.1) is 6.92 Å². The van der Waals surface area contributed by atoms with E-state index in [1.165, 1.54) is 9.47 Å². The third kappa shape index (κ3) is 5.16. The van der Waals surface area contributed by atoms with Gasteiger partial charge in [0, 0.05) is 18.3 Å². The fourth-order valence-electron chi connectivity index (χ4n) is 3.88. The summed E-state index contributed by atoms with van der Waals surface area (Å²) in [7, 11) is 0. The van der Waals surface area contributed by atoms with E-state index in [-0.39, 0.29) is 43.1 Å². The van der Waals surface area contributed by atoms with E-state index in [2.05, 4.69) is 4.98 Å². The number of benzene rings is 2. The number of H-pyrrole nitrogens is 1. The fraction of sp³-hybridized carbons (Fsp3) is 0.320. The monoisotopic (exact) mass is 449 g/mol. The number of aromatic nitrogens is 2. The van der Waals surface area contributed by atoms with E-state index in [4.69, 9.17) is 5.73 Å². The Balaban J connectivity index is 1.99. The van der Waals surface area contributed by atoms with E-state index in [1.54, 1.807) is 6.92 Å². The Labute approximate surface area is 193 Å². The van der Waals surface area contributed by atoms with Gasteiger partial charge >= 0.3 is 5.69 Å². The number of nitrogens with two attached hydrogens (primary N) is 1. The maximum absolute atomic E-state index is 13.4. The van der Waals surface area contributed by atoms with Crippen LogP contribution in [-0.2, 0) is 11.3 Å². The number of carbonyl (C=O) groups excluding carboxylic acids is 1. The van der Waals surface area contributed by atoms with E-state index in [0.717, 1.165) is 16.8 Å². The Hall–Kier alpha value is -3.81. The molecule has 1 heterocycles. The molecule has 2 aromatic carbocycles. The highest BCUT2D eigenvalue weighted by atomic mass is 16.2. The Morgan fingerprint density at radius 2 is 1.70 bits per heavy atom. The third-order valence-corrected chi connectivity index (χ3v) is 5.64. The standard InChI is InChI=1S/C25H31N5O3/c1-5-28(21(31)16-29(17(2)3)20-14-10-9-11-18(20)4)22-23(26)30(25(33)27-24(22)32)15-19-12-7-6-8-13-19/h6-14,17H,5,15-16,26H2,1-4H3,(H,27,32,33). The molecule has 0 aliphatic rings. The lowest BCUT2D eigenvalue weighted by atomic mass is 10.1. The van der Waals surface area contributed by atoms with Gasteiger partial charge in [0.2, 0.25) is 5.91 Å². The number of rotatable bonds is 8. The molecule has 0 atom stereocenters. The highest BCUT2D eigenvalue weighted by molar-refractivity contribution is 5.98. The molecule has 0 radical (unpaired) electrons. The highest BCUT2D eigenvalue weighted by Crippen LogP contribution is 2.23. The van der Waals surface area contributed by atoms with Crippen molar-refractivity contribution in [3.8, 4) is 0 Å². The molecule has 3 N–H and O–H groups in total. The summed E-state index contributed by atoms with van der Waals surface area (Å²) in [6, 6.07) is 17.2. The Bertz CT molecular complexity index is 1230. The molecule has 1 aromatic heterocycles. The number of amides is 1. The van der Waals surface area contributed by atoms with Gasteiger partial charge in [0.15, 0.2) is 5.69 Å². The van der Waals surface area contributed by atoms with Gasteiger partial charge in [-0.05, 0) is 44.9 Å². The van der Waals surface area contributed by atoms with Crippen LogP contribution in [0.3, 0.4) is 0 Å². The molecule has 0 saturated carbocycles. The number of para-hydroxylation sites is 1. The maximum atomic E-state index is 13.4. The van der Waals surface area contributed by atoms with Crippen molar-refractivity contribution in [1.82, 2.24) is 9.55 Å². The van der Waals surface area contributed by atoms with Crippen LogP contribution in [-0.4, -0.2) is 34.6 Å². The average molecular weight is 450 g/mol. The largest absolute Gasteiger partial charge is 0.383 e. The van der Waals surface area contributed by atoms with Gasteiger partial charge < -0.3 is 15.5 Å². The van der Waals surface area contributed by atoms with Crippen LogP contribution in [0.15, 0.2) is 64.2 Å². The first-order chi connectivity index (χ1) is 15.7. The SMILES string of the molecule is CCN(C(=O)CN(c1ccccc1C)C(C)C)c1c(N)n(Cc2ccccc2)c(=O)[nH]c1=O. The number of likely N-dealkylation sites (N-methyl/N-ethyl adjacent to an activating group) is 1. The number of aryl methyl sites for hydroxylation is 1. The first kappa shape index (κ1) is 23.8. The van der Waals surface area contributed by atoms with Gasteiger partial charge in [0.1, 0.15) is 5.82 Å². The second-order valence-electron chi connectivity index (χ2n) is 8.21. The van der Waals surface area contributed by atoms with Crippen molar-refractivity contribution in [2.45, 2.75) is 40.3 Å². The van der Waals surface area contributed by atoms with Crippen molar-refractivity contribution in [3.05, 3.63) is 86.6 Å². The highest BCUT2D eigenvalue weighted by Gasteiger charge is 2.26. The molecule has 3 aromatic rings. The van der Waals surface area contributed by atoms with Crippen LogP contribution in [0.25, 0.3) is 0 Å². The fourth-order valence-corrected chi connectivity index (χ4v) is 3.88. The molecule has 1 amide bonds. The van der Waals surface area contributed by atoms with Gasteiger partial charge in [0.25, 0.3) is 5.56 Å². The number of nitrogen functional groups attached to an aromatic ring is 1. The van der Waals surface area contributed by atoms with Crippen LogP contribution < -0.4 is 26.8 Å². The predicted octanol–water partition coefficient (Wildman–Crippen LogP) is 2.74. The topological polar surface area (TPSA) is 104 Å². The summed E-state index contributed by atoms with van der Waals surface area (Å²) in [5.41, 5.74) is 7.86. The van der Waals surface area contributed by atoms with Crippen molar-refractivity contribution in [2.75, 3.05) is 28.6 Å². The molecular formula is C25H31N5O3. The zero-order valence-corrected chi connectivity index (χ0v) is 19.5. The molecule has 33 heavy (non-hydrogen) atoms. The molecule has 0 unspecified atom stereocenters. The molecule has 0 bridgehead atoms. The zero-order valence-electron chi connectivity index (χ0n) is 19.5. The number of nitrogens with zero attached hydrogens (tertiary/aromatic N) is 3. The number of hydrogen-bond acceptors (Lipinski definition) is 5. The van der Waals surface area contributed by atoms with Crippen molar-refractivity contribution < 1.29 is 4.79 Å². The van der Waals surface area contributed by atoms with E-state index in [1.807, 2.05) is 80.3 Å². The van der Waals surface area contributed by atoms with Gasteiger partial charge in [-0.15, -0.1) is 0 Å². The van der Waals surface area contributed by atoms with Gasteiger partial charge in [0.05, 0.1) is 13.1 Å². The van der Waals surface area contributed by atoms with Crippen molar-refractivity contribution in [3.63, 3.8) is 0 Å². The number of carbonyl (C=O) groups is 1. The number of hydrogen-bond donors (Lipinski definition) is 2. The summed E-state index contributed by atoms with van der Waals surface area (Å²) in [5.74, 6) is -0.314. The van der Waals surface area contributed by atoms with Crippen LogP contribution in [0.2, 0.25) is 0 Å². The lowest BCUT2D eigenvalue weighted by molar-refractivity contribution is -0.117. The van der Waals surface area contributed by atoms with Crippen molar-refractivity contribution >= 4 is 23.1 Å². The van der Waals surface area contributed by atoms with Gasteiger partial charge in [-0.1, -0.05) is 48.5 Å². The smallest absolute Gasteiger partial charge is 0.330 e. The van der Waals surface area contributed by atoms with E-state index in [9.17, 15) is 14.4 Å². The zero-order chi connectivity index (χ0) is 24.1. The Morgan fingerprint density at radius 1 is 1.06 bits per heavy atom. The molecule has 0 saturated heterocycles. The van der Waals surface area contributed by atoms with Crippen LogP contribution in [0.1, 0.15) is 31.9 Å². The predicted molar refractivity (Wildman–Crippen MR) is 133 cm³/mol. The third-order valence-electron chi connectivity index (χ3n) is 5.64. The van der Waals surface area contributed by atoms with Crippen molar-refractivity contribution in [1.29, 1.82) is 0 Å².